The molecule has 2 heterocycles. The fourth-order valence-corrected chi connectivity index (χ4v) is 3.54. The standard InChI is InChI=1S/C19H29N3O2/c1-14-6-7-16(15(2)11-14)12-21-19(20-3)22-8-10-24-18(13-22)17-5-4-9-23-17/h6-7,11,17-18H,4-5,8-10,12-13H2,1-3H3,(H,20,21). The highest BCUT2D eigenvalue weighted by molar-refractivity contribution is 5.80. The third kappa shape index (κ3) is 4.08. The van der Waals surface area contributed by atoms with Gasteiger partial charge in [-0.3, -0.25) is 4.99 Å². The highest BCUT2D eigenvalue weighted by atomic mass is 16.5. The molecule has 0 amide bonds. The number of rotatable bonds is 3. The lowest BCUT2D eigenvalue weighted by atomic mass is 10.1. The fraction of sp³-hybridized carbons (Fsp3) is 0.632. The molecule has 1 aromatic carbocycles. The van der Waals surface area contributed by atoms with E-state index in [1.807, 2.05) is 7.05 Å². The summed E-state index contributed by atoms with van der Waals surface area (Å²) in [5.41, 5.74) is 3.93. The molecule has 2 unspecified atom stereocenters. The van der Waals surface area contributed by atoms with Crippen LogP contribution in [0.3, 0.4) is 0 Å². The first kappa shape index (κ1) is 17.2. The Morgan fingerprint density at radius 1 is 1.25 bits per heavy atom. The molecule has 2 aliphatic rings. The van der Waals surface area contributed by atoms with Crippen LogP contribution in [0.2, 0.25) is 0 Å². The van der Waals surface area contributed by atoms with Crippen LogP contribution in [0.5, 0.6) is 0 Å². The van der Waals surface area contributed by atoms with E-state index in [9.17, 15) is 0 Å². The van der Waals surface area contributed by atoms with Gasteiger partial charge < -0.3 is 19.7 Å². The Labute approximate surface area is 145 Å². The molecule has 1 N–H and O–H groups in total. The summed E-state index contributed by atoms with van der Waals surface area (Å²) in [5, 5.41) is 3.51. The van der Waals surface area contributed by atoms with E-state index in [1.54, 1.807) is 0 Å². The molecule has 0 radical (unpaired) electrons. The molecule has 2 atom stereocenters. The maximum absolute atomic E-state index is 5.93. The van der Waals surface area contributed by atoms with Crippen LogP contribution in [0.25, 0.3) is 0 Å². The normalized spacial score (nSPS) is 25.1. The Morgan fingerprint density at radius 2 is 2.08 bits per heavy atom. The molecule has 2 saturated heterocycles. The zero-order chi connectivity index (χ0) is 16.9. The van der Waals surface area contributed by atoms with Crippen LogP contribution in [0.4, 0.5) is 0 Å². The highest BCUT2D eigenvalue weighted by Gasteiger charge is 2.32. The number of ether oxygens (including phenoxy) is 2. The van der Waals surface area contributed by atoms with Gasteiger partial charge >= 0.3 is 0 Å². The van der Waals surface area contributed by atoms with E-state index in [0.29, 0.717) is 0 Å². The van der Waals surface area contributed by atoms with Crippen molar-refractivity contribution in [3.8, 4) is 0 Å². The van der Waals surface area contributed by atoms with E-state index in [-0.39, 0.29) is 12.2 Å². The van der Waals surface area contributed by atoms with Gasteiger partial charge in [-0.15, -0.1) is 0 Å². The average Bonchev–Trinajstić information content (AvgIpc) is 3.12. The van der Waals surface area contributed by atoms with Crippen molar-refractivity contribution < 1.29 is 9.47 Å². The van der Waals surface area contributed by atoms with Crippen molar-refractivity contribution in [3.63, 3.8) is 0 Å². The number of benzene rings is 1. The fourth-order valence-electron chi connectivity index (χ4n) is 3.54. The Balaban J connectivity index is 1.59. The van der Waals surface area contributed by atoms with E-state index >= 15 is 0 Å². The van der Waals surface area contributed by atoms with Gasteiger partial charge in [0.05, 0.1) is 12.7 Å². The van der Waals surface area contributed by atoms with Crippen molar-refractivity contribution in [2.24, 2.45) is 4.99 Å². The van der Waals surface area contributed by atoms with E-state index in [2.05, 4.69) is 47.3 Å². The van der Waals surface area contributed by atoms with Crippen LogP contribution in [0, 0.1) is 13.8 Å². The van der Waals surface area contributed by atoms with Gasteiger partial charge in [0.15, 0.2) is 5.96 Å². The highest BCUT2D eigenvalue weighted by Crippen LogP contribution is 2.21. The summed E-state index contributed by atoms with van der Waals surface area (Å²) < 4.78 is 11.7. The van der Waals surface area contributed by atoms with Gasteiger partial charge in [0, 0.05) is 33.3 Å². The van der Waals surface area contributed by atoms with Gasteiger partial charge in [-0.1, -0.05) is 23.8 Å². The van der Waals surface area contributed by atoms with Gasteiger partial charge in [-0.25, -0.2) is 0 Å². The Hall–Kier alpha value is -1.59. The molecule has 0 bridgehead atoms. The van der Waals surface area contributed by atoms with Crippen molar-refractivity contribution in [3.05, 3.63) is 34.9 Å². The molecule has 1 aromatic rings. The second kappa shape index (κ2) is 7.99. The number of aliphatic imine (C=N–C) groups is 1. The molecular formula is C19H29N3O2. The summed E-state index contributed by atoms with van der Waals surface area (Å²) >= 11 is 0. The third-order valence-corrected chi connectivity index (χ3v) is 4.92. The first-order valence-corrected chi connectivity index (χ1v) is 8.92. The molecule has 0 aliphatic carbocycles. The smallest absolute Gasteiger partial charge is 0.194 e. The van der Waals surface area contributed by atoms with Crippen molar-refractivity contribution in [2.75, 3.05) is 33.4 Å². The lowest BCUT2D eigenvalue weighted by Gasteiger charge is -2.37. The maximum Gasteiger partial charge on any atom is 0.194 e. The minimum atomic E-state index is 0.154. The monoisotopic (exact) mass is 331 g/mol. The molecule has 0 spiro atoms. The Kier molecular flexibility index (Phi) is 5.74. The van der Waals surface area contributed by atoms with Crippen LogP contribution in [-0.4, -0.2) is 56.4 Å². The summed E-state index contributed by atoms with van der Waals surface area (Å²) in [7, 11) is 1.85. The first-order chi connectivity index (χ1) is 11.7. The zero-order valence-corrected chi connectivity index (χ0v) is 15.0. The summed E-state index contributed by atoms with van der Waals surface area (Å²) in [6.07, 6.45) is 2.64. The number of morpholine rings is 1. The molecule has 0 aromatic heterocycles. The molecule has 2 aliphatic heterocycles. The molecule has 5 nitrogen and oxygen atoms in total. The SMILES string of the molecule is CN=C(NCc1ccc(C)cc1C)N1CCOC(C2CCCO2)C1. The topological polar surface area (TPSA) is 46.1 Å². The molecular weight excluding hydrogens is 302 g/mol. The van der Waals surface area contributed by atoms with Gasteiger partial charge in [-0.05, 0) is 37.8 Å². The van der Waals surface area contributed by atoms with Crippen molar-refractivity contribution in [2.45, 2.75) is 45.4 Å². The van der Waals surface area contributed by atoms with Crippen molar-refractivity contribution >= 4 is 5.96 Å². The quantitative estimate of drug-likeness (QED) is 0.682. The molecule has 132 valence electrons. The van der Waals surface area contributed by atoms with E-state index in [1.165, 1.54) is 16.7 Å². The summed E-state index contributed by atoms with van der Waals surface area (Å²) in [6, 6.07) is 6.58. The predicted octanol–water partition coefficient (Wildman–Crippen LogP) is 2.26. The van der Waals surface area contributed by atoms with E-state index in [0.717, 1.165) is 51.6 Å². The Bertz CT molecular complexity index is 582. The van der Waals surface area contributed by atoms with Gasteiger partial charge in [0.1, 0.15) is 6.10 Å². The summed E-state index contributed by atoms with van der Waals surface area (Å²) in [4.78, 5) is 6.76. The number of hydrogen-bond donors (Lipinski definition) is 1. The van der Waals surface area contributed by atoms with Crippen LogP contribution < -0.4 is 5.32 Å². The number of aryl methyl sites for hydroxylation is 2. The molecule has 5 heteroatoms. The second-order valence-electron chi connectivity index (χ2n) is 6.74. The molecule has 0 saturated carbocycles. The molecule has 3 rings (SSSR count). The molecule has 2 fully saturated rings. The minimum Gasteiger partial charge on any atom is -0.375 e. The average molecular weight is 331 g/mol. The van der Waals surface area contributed by atoms with Crippen LogP contribution in [-0.2, 0) is 16.0 Å². The van der Waals surface area contributed by atoms with Crippen LogP contribution in [0.1, 0.15) is 29.5 Å². The first-order valence-electron chi connectivity index (χ1n) is 8.92. The van der Waals surface area contributed by atoms with Crippen LogP contribution in [0.15, 0.2) is 23.2 Å². The predicted molar refractivity (Wildman–Crippen MR) is 96.4 cm³/mol. The minimum absolute atomic E-state index is 0.154. The largest absolute Gasteiger partial charge is 0.375 e. The van der Waals surface area contributed by atoms with E-state index in [4.69, 9.17) is 9.47 Å². The lowest BCUT2D eigenvalue weighted by Crippen LogP contribution is -2.53. The van der Waals surface area contributed by atoms with Gasteiger partial charge in [-0.2, -0.15) is 0 Å². The number of hydrogen-bond acceptors (Lipinski definition) is 3. The summed E-state index contributed by atoms with van der Waals surface area (Å²) in [5.74, 6) is 0.946. The van der Waals surface area contributed by atoms with Crippen LogP contribution >= 0.6 is 0 Å². The Morgan fingerprint density at radius 3 is 2.79 bits per heavy atom. The lowest BCUT2D eigenvalue weighted by molar-refractivity contribution is -0.0817. The van der Waals surface area contributed by atoms with Gasteiger partial charge in [0.25, 0.3) is 0 Å². The number of nitrogens with zero attached hydrogens (tertiary/aromatic N) is 2. The number of nitrogens with one attached hydrogen (secondary N) is 1. The zero-order valence-electron chi connectivity index (χ0n) is 15.0. The van der Waals surface area contributed by atoms with Gasteiger partial charge in [0.2, 0.25) is 0 Å². The third-order valence-electron chi connectivity index (χ3n) is 4.92. The van der Waals surface area contributed by atoms with Crippen molar-refractivity contribution in [1.82, 2.24) is 10.2 Å². The summed E-state index contributed by atoms with van der Waals surface area (Å²) in [6.45, 7) is 8.39. The van der Waals surface area contributed by atoms with E-state index < -0.39 is 0 Å². The maximum atomic E-state index is 5.93. The second-order valence-corrected chi connectivity index (χ2v) is 6.74. The molecule has 24 heavy (non-hydrogen) atoms. The number of guanidine groups is 1. The van der Waals surface area contributed by atoms with Crippen molar-refractivity contribution in [1.29, 1.82) is 0 Å².